The minimum atomic E-state index is -4.14. The number of nitrogens with one attached hydrogen (secondary N) is 1. The Labute approximate surface area is 233 Å². The number of benzene rings is 3. The van der Waals surface area contributed by atoms with Gasteiger partial charge in [0.05, 0.1) is 17.7 Å². The molecular formula is C27H29Cl2N3O5S. The molecule has 0 aliphatic carbocycles. The van der Waals surface area contributed by atoms with Crippen LogP contribution in [0.2, 0.25) is 10.0 Å². The van der Waals surface area contributed by atoms with Crippen molar-refractivity contribution in [3.8, 4) is 5.75 Å². The van der Waals surface area contributed by atoms with Gasteiger partial charge in [-0.15, -0.1) is 0 Å². The van der Waals surface area contributed by atoms with E-state index in [4.69, 9.17) is 27.9 Å². The molecule has 0 aromatic heterocycles. The summed E-state index contributed by atoms with van der Waals surface area (Å²) in [7, 11) is -2.64. The fourth-order valence-corrected chi connectivity index (χ4v) is 5.64. The van der Waals surface area contributed by atoms with Crippen molar-refractivity contribution >= 4 is 50.7 Å². The van der Waals surface area contributed by atoms with E-state index >= 15 is 0 Å². The second kappa shape index (κ2) is 13.0. The van der Waals surface area contributed by atoms with Gasteiger partial charge in [0, 0.05) is 23.1 Å². The maximum Gasteiger partial charge on any atom is 0.264 e. The second-order valence-electron chi connectivity index (χ2n) is 8.35. The van der Waals surface area contributed by atoms with E-state index in [-0.39, 0.29) is 23.0 Å². The Kier molecular flexibility index (Phi) is 10.0. The lowest BCUT2D eigenvalue weighted by molar-refractivity contribution is -0.139. The molecule has 0 spiro atoms. The van der Waals surface area contributed by atoms with Crippen molar-refractivity contribution in [2.24, 2.45) is 0 Å². The molecule has 0 saturated carbocycles. The maximum absolute atomic E-state index is 13.8. The van der Waals surface area contributed by atoms with Crippen LogP contribution in [0.5, 0.6) is 5.75 Å². The number of likely N-dealkylation sites (N-methyl/N-ethyl adjacent to an activating group) is 1. The normalized spacial score (nSPS) is 11.9. The van der Waals surface area contributed by atoms with Crippen molar-refractivity contribution < 1.29 is 22.7 Å². The average molecular weight is 579 g/mol. The summed E-state index contributed by atoms with van der Waals surface area (Å²) in [5, 5.41) is 3.46. The van der Waals surface area contributed by atoms with Gasteiger partial charge < -0.3 is 15.0 Å². The highest BCUT2D eigenvalue weighted by atomic mass is 35.5. The fraction of sp³-hybridized carbons (Fsp3) is 0.259. The van der Waals surface area contributed by atoms with Crippen LogP contribution in [-0.2, 0) is 26.2 Å². The lowest BCUT2D eigenvalue weighted by atomic mass is 10.1. The standard InChI is InChI=1S/C27H29Cl2N3O5S/c1-4-30-27(34)19(2)31(17-20-10-11-21(28)16-25(20)29)26(33)18-32(22-12-14-23(37-3)15-13-22)38(35,36)24-8-6-5-7-9-24/h5-16,19H,4,17-18H2,1-3H3,(H,30,34). The summed E-state index contributed by atoms with van der Waals surface area (Å²) in [5.74, 6) is -0.445. The molecule has 2 amide bonds. The SMILES string of the molecule is CCNC(=O)C(C)N(Cc1ccc(Cl)cc1Cl)C(=O)CN(c1ccc(OC)cc1)S(=O)(=O)c1ccccc1. The van der Waals surface area contributed by atoms with Crippen LogP contribution in [-0.4, -0.2) is 51.4 Å². The molecule has 1 N–H and O–H groups in total. The van der Waals surface area contributed by atoms with Crippen LogP contribution in [0.3, 0.4) is 0 Å². The molecule has 0 radical (unpaired) electrons. The minimum absolute atomic E-state index is 0.0210. The van der Waals surface area contributed by atoms with Crippen molar-refractivity contribution in [3.63, 3.8) is 0 Å². The van der Waals surface area contributed by atoms with Gasteiger partial charge in [-0.1, -0.05) is 47.5 Å². The van der Waals surface area contributed by atoms with Gasteiger partial charge in [-0.05, 0) is 67.9 Å². The maximum atomic E-state index is 13.8. The molecule has 0 aliphatic rings. The number of hydrogen-bond donors (Lipinski definition) is 1. The molecule has 3 aromatic rings. The largest absolute Gasteiger partial charge is 0.497 e. The Balaban J connectivity index is 2.04. The Bertz CT molecular complexity index is 1370. The van der Waals surface area contributed by atoms with Crippen LogP contribution in [0.1, 0.15) is 19.4 Å². The van der Waals surface area contributed by atoms with Crippen LogP contribution in [0.25, 0.3) is 0 Å². The van der Waals surface area contributed by atoms with E-state index < -0.39 is 28.5 Å². The molecule has 1 atom stereocenters. The number of methoxy groups -OCH3 is 1. The van der Waals surface area contributed by atoms with Crippen molar-refractivity contribution in [3.05, 3.63) is 88.4 Å². The van der Waals surface area contributed by atoms with Gasteiger partial charge >= 0.3 is 0 Å². The monoisotopic (exact) mass is 577 g/mol. The summed E-state index contributed by atoms with van der Waals surface area (Å²) >= 11 is 12.4. The van der Waals surface area contributed by atoms with Crippen LogP contribution >= 0.6 is 23.2 Å². The van der Waals surface area contributed by atoms with E-state index in [0.717, 1.165) is 4.31 Å². The summed E-state index contributed by atoms with van der Waals surface area (Å²) in [6, 6.07) is 18.1. The number of carbonyl (C=O) groups excluding carboxylic acids is 2. The minimum Gasteiger partial charge on any atom is -0.497 e. The summed E-state index contributed by atoms with van der Waals surface area (Å²) in [6.45, 7) is 3.13. The molecule has 3 aromatic carbocycles. The van der Waals surface area contributed by atoms with Gasteiger partial charge in [-0.25, -0.2) is 8.42 Å². The van der Waals surface area contributed by atoms with Crippen LogP contribution in [0.4, 0.5) is 5.69 Å². The fourth-order valence-electron chi connectivity index (χ4n) is 3.73. The van der Waals surface area contributed by atoms with Crippen molar-refractivity contribution in [2.75, 3.05) is 24.5 Å². The highest BCUT2D eigenvalue weighted by molar-refractivity contribution is 7.92. The number of ether oxygens (including phenoxy) is 1. The molecule has 202 valence electrons. The summed E-state index contributed by atoms with van der Waals surface area (Å²) < 4.78 is 33.6. The lowest BCUT2D eigenvalue weighted by Crippen LogP contribution is -2.51. The van der Waals surface area contributed by atoms with E-state index in [9.17, 15) is 18.0 Å². The summed E-state index contributed by atoms with van der Waals surface area (Å²) in [5.41, 5.74) is 0.820. The van der Waals surface area contributed by atoms with E-state index in [2.05, 4.69) is 5.32 Å². The van der Waals surface area contributed by atoms with Crippen LogP contribution in [0, 0.1) is 0 Å². The number of rotatable bonds is 11. The number of amides is 2. The quantitative estimate of drug-likeness (QED) is 0.354. The number of carbonyl (C=O) groups is 2. The van der Waals surface area contributed by atoms with Gasteiger partial charge in [0.1, 0.15) is 18.3 Å². The Morgan fingerprint density at radius 2 is 1.66 bits per heavy atom. The first-order valence-corrected chi connectivity index (χ1v) is 14.0. The van der Waals surface area contributed by atoms with E-state index in [1.54, 1.807) is 74.5 Å². The first-order valence-electron chi connectivity index (χ1n) is 11.8. The van der Waals surface area contributed by atoms with Crippen molar-refractivity contribution in [1.82, 2.24) is 10.2 Å². The number of anilines is 1. The molecule has 0 fully saturated rings. The highest BCUT2D eigenvalue weighted by Gasteiger charge is 2.32. The third kappa shape index (κ3) is 6.98. The molecule has 38 heavy (non-hydrogen) atoms. The van der Waals surface area contributed by atoms with Gasteiger partial charge in [-0.2, -0.15) is 0 Å². The molecule has 0 bridgehead atoms. The number of halogens is 2. The number of nitrogens with zero attached hydrogens (tertiary/aromatic N) is 2. The van der Waals surface area contributed by atoms with E-state index in [1.165, 1.54) is 24.1 Å². The van der Waals surface area contributed by atoms with E-state index in [1.807, 2.05) is 0 Å². The Morgan fingerprint density at radius 3 is 2.24 bits per heavy atom. The predicted molar refractivity (Wildman–Crippen MR) is 149 cm³/mol. The molecule has 0 saturated heterocycles. The first kappa shape index (κ1) is 29.3. The van der Waals surface area contributed by atoms with Gasteiger partial charge in [-0.3, -0.25) is 13.9 Å². The molecule has 11 heteroatoms. The number of hydrogen-bond acceptors (Lipinski definition) is 5. The molecular weight excluding hydrogens is 549 g/mol. The summed E-state index contributed by atoms with van der Waals surface area (Å²) in [4.78, 5) is 27.9. The smallest absolute Gasteiger partial charge is 0.264 e. The third-order valence-electron chi connectivity index (χ3n) is 5.84. The Morgan fingerprint density at radius 1 is 1.00 bits per heavy atom. The van der Waals surface area contributed by atoms with Gasteiger partial charge in [0.2, 0.25) is 11.8 Å². The summed E-state index contributed by atoms with van der Waals surface area (Å²) in [6.07, 6.45) is 0. The highest BCUT2D eigenvalue weighted by Crippen LogP contribution is 2.27. The second-order valence-corrected chi connectivity index (χ2v) is 11.1. The predicted octanol–water partition coefficient (Wildman–Crippen LogP) is 4.75. The topological polar surface area (TPSA) is 96.0 Å². The molecule has 0 aliphatic heterocycles. The first-order chi connectivity index (χ1) is 18.1. The van der Waals surface area contributed by atoms with Gasteiger partial charge in [0.25, 0.3) is 10.0 Å². The zero-order chi connectivity index (χ0) is 27.9. The van der Waals surface area contributed by atoms with Crippen LogP contribution in [0.15, 0.2) is 77.7 Å². The Hall–Kier alpha value is -3.27. The third-order valence-corrected chi connectivity index (χ3v) is 8.22. The zero-order valence-corrected chi connectivity index (χ0v) is 23.6. The molecule has 1 unspecified atom stereocenters. The molecule has 8 nitrogen and oxygen atoms in total. The number of sulfonamides is 1. The lowest BCUT2D eigenvalue weighted by Gasteiger charge is -2.32. The van der Waals surface area contributed by atoms with Crippen LogP contribution < -0.4 is 14.4 Å². The van der Waals surface area contributed by atoms with Crippen molar-refractivity contribution in [2.45, 2.75) is 31.3 Å². The van der Waals surface area contributed by atoms with Crippen molar-refractivity contribution in [1.29, 1.82) is 0 Å². The van der Waals surface area contributed by atoms with E-state index in [0.29, 0.717) is 27.9 Å². The molecule has 3 rings (SSSR count). The van der Waals surface area contributed by atoms with Gasteiger partial charge in [0.15, 0.2) is 0 Å². The zero-order valence-electron chi connectivity index (χ0n) is 21.2. The average Bonchev–Trinajstić information content (AvgIpc) is 2.91. The molecule has 0 heterocycles.